The van der Waals surface area contributed by atoms with Crippen molar-refractivity contribution in [3.05, 3.63) is 6.07 Å². The van der Waals surface area contributed by atoms with Crippen molar-refractivity contribution in [1.82, 2.24) is 9.97 Å². The zero-order valence-electron chi connectivity index (χ0n) is 9.90. The van der Waals surface area contributed by atoms with Gasteiger partial charge in [-0.05, 0) is 6.92 Å². The molecule has 1 rings (SSSR count). The lowest BCUT2D eigenvalue weighted by molar-refractivity contribution is -0.140. The molecule has 0 saturated carbocycles. The van der Waals surface area contributed by atoms with E-state index in [-0.39, 0.29) is 11.9 Å². The number of anilines is 2. The van der Waals surface area contributed by atoms with Gasteiger partial charge in [0, 0.05) is 18.4 Å². The Morgan fingerprint density at radius 3 is 3.00 bits per heavy atom. The molecule has 17 heavy (non-hydrogen) atoms. The lowest BCUT2D eigenvalue weighted by Crippen LogP contribution is -2.05. The molecule has 0 aromatic carbocycles. The normalized spacial score (nSPS) is 10.0. The van der Waals surface area contributed by atoms with Gasteiger partial charge >= 0.3 is 5.97 Å². The summed E-state index contributed by atoms with van der Waals surface area (Å²) in [7, 11) is 1.37. The number of thioether (sulfide) groups is 1. The maximum absolute atomic E-state index is 10.9. The van der Waals surface area contributed by atoms with Crippen molar-refractivity contribution in [2.24, 2.45) is 0 Å². The molecule has 0 atom stereocenters. The maximum Gasteiger partial charge on any atom is 0.306 e. The third kappa shape index (κ3) is 4.90. The second kappa shape index (κ2) is 6.95. The largest absolute Gasteiger partial charge is 0.469 e. The molecule has 0 bridgehead atoms. The van der Waals surface area contributed by atoms with Crippen LogP contribution in [0, 0.1) is 0 Å². The molecule has 1 heterocycles. The predicted molar refractivity (Wildman–Crippen MR) is 68.0 cm³/mol. The molecule has 3 N–H and O–H groups in total. The van der Waals surface area contributed by atoms with E-state index in [4.69, 9.17) is 5.73 Å². The van der Waals surface area contributed by atoms with Crippen LogP contribution in [-0.4, -0.2) is 35.3 Å². The zero-order chi connectivity index (χ0) is 12.7. The summed E-state index contributed by atoms with van der Waals surface area (Å²) in [6.45, 7) is 2.74. The molecular formula is C10H16N4O2S. The third-order valence-electron chi connectivity index (χ3n) is 1.86. The number of methoxy groups -OCH3 is 1. The van der Waals surface area contributed by atoms with Gasteiger partial charge in [-0.2, -0.15) is 4.98 Å². The quantitative estimate of drug-likeness (QED) is 0.448. The molecule has 6 nitrogen and oxygen atoms in total. The van der Waals surface area contributed by atoms with Crippen LogP contribution in [0.15, 0.2) is 11.1 Å². The summed E-state index contributed by atoms with van der Waals surface area (Å²) in [6.07, 6.45) is 0.349. The fraction of sp³-hybridized carbons (Fsp3) is 0.500. The van der Waals surface area contributed by atoms with E-state index in [9.17, 15) is 4.79 Å². The van der Waals surface area contributed by atoms with E-state index in [2.05, 4.69) is 20.0 Å². The molecule has 0 spiro atoms. The molecule has 1 aromatic rings. The van der Waals surface area contributed by atoms with Crippen LogP contribution in [-0.2, 0) is 9.53 Å². The van der Waals surface area contributed by atoms with Crippen LogP contribution in [0.4, 0.5) is 11.8 Å². The molecule has 0 unspecified atom stereocenters. The van der Waals surface area contributed by atoms with Crippen LogP contribution in [0.5, 0.6) is 0 Å². The van der Waals surface area contributed by atoms with Crippen LogP contribution in [0.2, 0.25) is 0 Å². The molecule has 7 heteroatoms. The molecular weight excluding hydrogens is 240 g/mol. The summed E-state index contributed by atoms with van der Waals surface area (Å²) in [6, 6.07) is 1.81. The van der Waals surface area contributed by atoms with Crippen LogP contribution in [0.25, 0.3) is 0 Å². The Morgan fingerprint density at radius 2 is 2.35 bits per heavy atom. The van der Waals surface area contributed by atoms with Gasteiger partial charge in [-0.3, -0.25) is 4.79 Å². The Labute approximate surface area is 104 Å². The molecule has 0 aliphatic heterocycles. The fourth-order valence-electron chi connectivity index (χ4n) is 1.13. The highest BCUT2D eigenvalue weighted by atomic mass is 32.2. The van der Waals surface area contributed by atoms with Crippen molar-refractivity contribution in [3.63, 3.8) is 0 Å². The first-order valence-electron chi connectivity index (χ1n) is 5.23. The second-order valence-electron chi connectivity index (χ2n) is 3.15. The minimum atomic E-state index is -0.230. The maximum atomic E-state index is 10.9. The topological polar surface area (TPSA) is 90.1 Å². The standard InChI is InChI=1S/C10H16N4O2S/c1-3-12-7-6-8(14-10(11)13-7)17-5-4-9(15)16-2/h6H,3-5H2,1-2H3,(H3,11,12,13,14). The molecule has 0 amide bonds. The van der Waals surface area contributed by atoms with Crippen molar-refractivity contribution >= 4 is 29.5 Å². The van der Waals surface area contributed by atoms with Gasteiger partial charge in [0.1, 0.15) is 10.8 Å². The highest BCUT2D eigenvalue weighted by Crippen LogP contribution is 2.20. The SMILES string of the molecule is CCNc1cc(SCCC(=O)OC)nc(N)n1. The Morgan fingerprint density at radius 1 is 1.59 bits per heavy atom. The lowest BCUT2D eigenvalue weighted by Gasteiger charge is -2.06. The molecule has 0 aliphatic carbocycles. The number of rotatable bonds is 6. The van der Waals surface area contributed by atoms with Crippen molar-refractivity contribution in [1.29, 1.82) is 0 Å². The van der Waals surface area contributed by atoms with Gasteiger partial charge in [0.15, 0.2) is 0 Å². The van der Waals surface area contributed by atoms with Crippen LogP contribution < -0.4 is 11.1 Å². The van der Waals surface area contributed by atoms with Gasteiger partial charge < -0.3 is 15.8 Å². The number of nitrogen functional groups attached to an aromatic ring is 1. The van der Waals surface area contributed by atoms with Gasteiger partial charge in [0.05, 0.1) is 13.5 Å². The van der Waals surface area contributed by atoms with E-state index >= 15 is 0 Å². The van der Waals surface area contributed by atoms with E-state index in [1.165, 1.54) is 18.9 Å². The zero-order valence-corrected chi connectivity index (χ0v) is 10.7. The summed E-state index contributed by atoms with van der Waals surface area (Å²) < 4.78 is 4.55. The monoisotopic (exact) mass is 256 g/mol. The Bertz CT molecular complexity index is 387. The summed E-state index contributed by atoms with van der Waals surface area (Å²) >= 11 is 1.45. The first-order valence-corrected chi connectivity index (χ1v) is 6.22. The number of esters is 1. The predicted octanol–water partition coefficient (Wildman–Crippen LogP) is 1.15. The van der Waals surface area contributed by atoms with Crippen LogP contribution in [0.3, 0.4) is 0 Å². The number of hydrogen-bond acceptors (Lipinski definition) is 7. The molecule has 94 valence electrons. The number of nitrogens with two attached hydrogens (primary N) is 1. The number of ether oxygens (including phenoxy) is 1. The summed E-state index contributed by atoms with van der Waals surface area (Å²) in [5.41, 5.74) is 5.58. The number of hydrogen-bond donors (Lipinski definition) is 2. The Hall–Kier alpha value is -1.50. The van der Waals surface area contributed by atoms with Gasteiger partial charge in [0.25, 0.3) is 0 Å². The van der Waals surface area contributed by atoms with Crippen molar-refractivity contribution in [2.45, 2.75) is 18.4 Å². The van der Waals surface area contributed by atoms with Crippen molar-refractivity contribution in [3.8, 4) is 0 Å². The molecule has 0 aliphatic rings. The number of aromatic nitrogens is 2. The first kappa shape index (κ1) is 13.6. The Kier molecular flexibility index (Phi) is 5.55. The second-order valence-corrected chi connectivity index (χ2v) is 4.27. The van der Waals surface area contributed by atoms with Crippen molar-refractivity contribution in [2.75, 3.05) is 30.5 Å². The summed E-state index contributed by atoms with van der Waals surface area (Å²) in [5, 5.41) is 3.81. The minimum absolute atomic E-state index is 0.226. The van der Waals surface area contributed by atoms with Crippen molar-refractivity contribution < 1.29 is 9.53 Å². The minimum Gasteiger partial charge on any atom is -0.469 e. The van der Waals surface area contributed by atoms with E-state index in [1.54, 1.807) is 0 Å². The highest BCUT2D eigenvalue weighted by molar-refractivity contribution is 7.99. The molecule has 0 fully saturated rings. The van der Waals surface area contributed by atoms with Gasteiger partial charge in [-0.1, -0.05) is 0 Å². The van der Waals surface area contributed by atoms with Gasteiger partial charge in [0.2, 0.25) is 5.95 Å². The summed E-state index contributed by atoms with van der Waals surface area (Å²) in [4.78, 5) is 19.0. The highest BCUT2D eigenvalue weighted by Gasteiger charge is 2.05. The van der Waals surface area contributed by atoms with Gasteiger partial charge in [-0.15, -0.1) is 11.8 Å². The van der Waals surface area contributed by atoms with E-state index in [1.807, 2.05) is 13.0 Å². The number of nitrogens with zero attached hydrogens (tertiary/aromatic N) is 2. The van der Waals surface area contributed by atoms with E-state index in [0.29, 0.717) is 18.0 Å². The Balaban J connectivity index is 2.55. The summed E-state index contributed by atoms with van der Waals surface area (Å²) in [5.74, 6) is 1.30. The van der Waals surface area contributed by atoms with Gasteiger partial charge in [-0.25, -0.2) is 4.98 Å². The molecule has 0 saturated heterocycles. The van der Waals surface area contributed by atoms with E-state index in [0.717, 1.165) is 11.6 Å². The van der Waals surface area contributed by atoms with E-state index < -0.39 is 0 Å². The van der Waals surface area contributed by atoms with Crippen LogP contribution in [0.1, 0.15) is 13.3 Å². The average Bonchev–Trinajstić information content (AvgIpc) is 2.28. The first-order chi connectivity index (χ1) is 8.15. The number of carbonyl (C=O) groups is 1. The number of nitrogens with one attached hydrogen (secondary N) is 1. The number of carbonyl (C=O) groups excluding carboxylic acids is 1. The smallest absolute Gasteiger partial charge is 0.306 e. The molecule has 1 aromatic heterocycles. The third-order valence-corrected chi connectivity index (χ3v) is 2.77. The fourth-order valence-corrected chi connectivity index (χ4v) is 1.96. The van der Waals surface area contributed by atoms with Crippen LogP contribution >= 0.6 is 11.8 Å². The average molecular weight is 256 g/mol. The lowest BCUT2D eigenvalue weighted by atomic mass is 10.5. The molecule has 0 radical (unpaired) electrons.